The van der Waals surface area contributed by atoms with Gasteiger partial charge in [0.05, 0.1) is 16.3 Å². The molecule has 0 amide bonds. The normalized spacial score (nSPS) is 11.0. The van der Waals surface area contributed by atoms with Gasteiger partial charge in [-0.15, -0.1) is 10.2 Å². The van der Waals surface area contributed by atoms with Gasteiger partial charge in [-0.1, -0.05) is 41.0 Å². The van der Waals surface area contributed by atoms with Gasteiger partial charge in [-0.2, -0.15) is 0 Å². The molecule has 4 nitrogen and oxygen atoms in total. The Balaban J connectivity index is 1.79. The fourth-order valence-electron chi connectivity index (χ4n) is 2.05. The third-order valence-electron chi connectivity index (χ3n) is 3.13. The van der Waals surface area contributed by atoms with Gasteiger partial charge in [0, 0.05) is 12.3 Å². The molecule has 1 aromatic carbocycles. The van der Waals surface area contributed by atoms with Crippen molar-refractivity contribution in [3.05, 3.63) is 52.2 Å². The second-order valence-electron chi connectivity index (χ2n) is 4.56. The van der Waals surface area contributed by atoms with E-state index in [1.165, 1.54) is 0 Å². The first-order chi connectivity index (χ1) is 10.7. The molecule has 0 atom stereocenters. The largest absolute Gasteiger partial charge is 0.461 e. The van der Waals surface area contributed by atoms with Crippen LogP contribution in [0.5, 0.6) is 0 Å². The van der Waals surface area contributed by atoms with Gasteiger partial charge in [-0.25, -0.2) is 0 Å². The summed E-state index contributed by atoms with van der Waals surface area (Å²) in [7, 11) is 0. The molecule has 0 saturated heterocycles. The summed E-state index contributed by atoms with van der Waals surface area (Å²) in [4.78, 5) is 0. The summed E-state index contributed by atoms with van der Waals surface area (Å²) in [5.41, 5.74) is 1.09. The van der Waals surface area contributed by atoms with Crippen LogP contribution < -0.4 is 0 Å². The minimum Gasteiger partial charge on any atom is -0.461 e. The maximum atomic E-state index is 6.04. The van der Waals surface area contributed by atoms with Crippen LogP contribution in [0.25, 0.3) is 11.6 Å². The number of rotatable bonds is 5. The van der Waals surface area contributed by atoms with Crippen LogP contribution in [-0.4, -0.2) is 14.8 Å². The van der Waals surface area contributed by atoms with Gasteiger partial charge < -0.3 is 4.42 Å². The Hall–Kier alpha value is -1.43. The summed E-state index contributed by atoms with van der Waals surface area (Å²) in [5, 5.41) is 10.5. The molecule has 7 heteroatoms. The van der Waals surface area contributed by atoms with Gasteiger partial charge >= 0.3 is 0 Å². The summed E-state index contributed by atoms with van der Waals surface area (Å²) in [6, 6.07) is 9.35. The molecule has 0 aliphatic carbocycles. The van der Waals surface area contributed by atoms with Crippen molar-refractivity contribution in [2.75, 3.05) is 0 Å². The zero-order valence-electron chi connectivity index (χ0n) is 11.8. The Morgan fingerprint density at radius 3 is 2.73 bits per heavy atom. The highest BCUT2D eigenvalue weighted by atomic mass is 35.5. The molecule has 2 aromatic heterocycles. The predicted molar refractivity (Wildman–Crippen MR) is 89.4 cm³/mol. The van der Waals surface area contributed by atoms with Gasteiger partial charge in [0.2, 0.25) is 0 Å². The van der Waals surface area contributed by atoms with E-state index in [1.54, 1.807) is 24.1 Å². The minimum atomic E-state index is 0.562. The molecule has 0 spiro atoms. The van der Waals surface area contributed by atoms with Gasteiger partial charge in [0.15, 0.2) is 16.7 Å². The number of halogens is 2. The smallest absolute Gasteiger partial charge is 0.200 e. The highest BCUT2D eigenvalue weighted by Gasteiger charge is 2.15. The van der Waals surface area contributed by atoms with Crippen molar-refractivity contribution >= 4 is 35.0 Å². The molecule has 22 heavy (non-hydrogen) atoms. The molecule has 0 bridgehead atoms. The third kappa shape index (κ3) is 3.16. The Kier molecular flexibility index (Phi) is 4.76. The summed E-state index contributed by atoms with van der Waals surface area (Å²) >= 11 is 13.6. The van der Waals surface area contributed by atoms with Crippen LogP contribution >= 0.6 is 35.0 Å². The fraction of sp³-hybridized carbons (Fsp3) is 0.200. The second-order valence-corrected chi connectivity index (χ2v) is 6.32. The zero-order valence-corrected chi connectivity index (χ0v) is 14.1. The Morgan fingerprint density at radius 2 is 2.05 bits per heavy atom. The van der Waals surface area contributed by atoms with Crippen molar-refractivity contribution in [3.63, 3.8) is 0 Å². The lowest BCUT2D eigenvalue weighted by Gasteiger charge is -2.06. The molecule has 0 saturated carbocycles. The number of furan rings is 1. The predicted octanol–water partition coefficient (Wildman–Crippen LogP) is 5.16. The second kappa shape index (κ2) is 6.77. The van der Waals surface area contributed by atoms with Gasteiger partial charge in [-0.3, -0.25) is 4.57 Å². The van der Waals surface area contributed by atoms with Crippen LogP contribution in [0.4, 0.5) is 0 Å². The summed E-state index contributed by atoms with van der Waals surface area (Å²) < 4.78 is 7.43. The molecule has 0 aliphatic heterocycles. The molecule has 114 valence electrons. The van der Waals surface area contributed by atoms with Crippen LogP contribution in [0.15, 0.2) is 46.2 Å². The van der Waals surface area contributed by atoms with Crippen LogP contribution in [0.3, 0.4) is 0 Å². The highest BCUT2D eigenvalue weighted by Crippen LogP contribution is 2.29. The average molecular weight is 354 g/mol. The first-order valence-corrected chi connectivity index (χ1v) is 8.47. The Morgan fingerprint density at radius 1 is 1.18 bits per heavy atom. The lowest BCUT2D eigenvalue weighted by molar-refractivity contribution is 0.567. The number of aromatic nitrogens is 3. The van der Waals surface area contributed by atoms with Crippen molar-refractivity contribution in [2.24, 2.45) is 0 Å². The molecule has 3 aromatic rings. The third-order valence-corrected chi connectivity index (χ3v) is 4.90. The van der Waals surface area contributed by atoms with Gasteiger partial charge in [0.25, 0.3) is 0 Å². The molecule has 0 unspecified atom stereocenters. The van der Waals surface area contributed by atoms with Crippen molar-refractivity contribution in [3.8, 4) is 11.6 Å². The molecule has 0 fully saturated rings. The Bertz CT molecular complexity index is 771. The van der Waals surface area contributed by atoms with Crippen LogP contribution in [-0.2, 0) is 12.3 Å². The molecular formula is C15H13Cl2N3OS. The average Bonchev–Trinajstić information content (AvgIpc) is 3.16. The quantitative estimate of drug-likeness (QED) is 0.594. The lowest BCUT2D eigenvalue weighted by Crippen LogP contribution is -1.99. The van der Waals surface area contributed by atoms with Crippen LogP contribution in [0.2, 0.25) is 10.0 Å². The number of benzene rings is 1. The van der Waals surface area contributed by atoms with Crippen molar-refractivity contribution < 1.29 is 4.42 Å². The maximum absolute atomic E-state index is 6.04. The van der Waals surface area contributed by atoms with Crippen LogP contribution in [0, 0.1) is 0 Å². The van der Waals surface area contributed by atoms with E-state index in [9.17, 15) is 0 Å². The number of hydrogen-bond donors (Lipinski definition) is 0. The number of hydrogen-bond acceptors (Lipinski definition) is 4. The monoisotopic (exact) mass is 353 g/mol. The first-order valence-electron chi connectivity index (χ1n) is 6.73. The molecule has 0 aliphatic rings. The first kappa shape index (κ1) is 15.5. The summed E-state index contributed by atoms with van der Waals surface area (Å²) in [6.07, 6.45) is 1.63. The van der Waals surface area contributed by atoms with Gasteiger partial charge in [-0.05, 0) is 36.8 Å². The molecular weight excluding hydrogens is 341 g/mol. The summed E-state index contributed by atoms with van der Waals surface area (Å²) in [6.45, 7) is 2.83. The standard InChI is InChI=1S/C15H13Cl2N3OS/c1-2-20-14(13-4-3-7-21-13)18-19-15(20)22-9-10-5-6-11(16)12(17)8-10/h3-8H,2,9H2,1H3. The van der Waals surface area contributed by atoms with E-state index in [0.29, 0.717) is 10.0 Å². The van der Waals surface area contributed by atoms with E-state index in [4.69, 9.17) is 27.6 Å². The fourth-order valence-corrected chi connectivity index (χ4v) is 3.31. The molecule has 2 heterocycles. The van der Waals surface area contributed by atoms with E-state index >= 15 is 0 Å². The minimum absolute atomic E-state index is 0.562. The van der Waals surface area contributed by atoms with E-state index in [1.807, 2.05) is 28.8 Å². The van der Waals surface area contributed by atoms with Crippen molar-refractivity contribution in [1.82, 2.24) is 14.8 Å². The lowest BCUT2D eigenvalue weighted by atomic mass is 10.2. The van der Waals surface area contributed by atoms with E-state index in [-0.39, 0.29) is 0 Å². The van der Waals surface area contributed by atoms with Crippen molar-refractivity contribution in [2.45, 2.75) is 24.4 Å². The molecule has 0 radical (unpaired) electrons. The highest BCUT2D eigenvalue weighted by molar-refractivity contribution is 7.98. The Labute approximate surface area is 142 Å². The number of nitrogens with zero attached hydrogens (tertiary/aromatic N) is 3. The SMILES string of the molecule is CCn1c(SCc2ccc(Cl)c(Cl)c2)nnc1-c1ccco1. The van der Waals surface area contributed by atoms with E-state index < -0.39 is 0 Å². The molecule has 3 rings (SSSR count). The zero-order chi connectivity index (χ0) is 15.5. The van der Waals surface area contributed by atoms with Gasteiger partial charge in [0.1, 0.15) is 0 Å². The summed E-state index contributed by atoms with van der Waals surface area (Å²) in [5.74, 6) is 2.20. The number of thioether (sulfide) groups is 1. The van der Waals surface area contributed by atoms with E-state index in [2.05, 4.69) is 17.1 Å². The van der Waals surface area contributed by atoms with Crippen LogP contribution in [0.1, 0.15) is 12.5 Å². The maximum Gasteiger partial charge on any atom is 0.200 e. The van der Waals surface area contributed by atoms with E-state index in [0.717, 1.165) is 34.6 Å². The van der Waals surface area contributed by atoms with Crippen molar-refractivity contribution in [1.29, 1.82) is 0 Å². The molecule has 0 N–H and O–H groups in total. The topological polar surface area (TPSA) is 43.9 Å².